The number of hydrogen-bond acceptors (Lipinski definition) is 3. The molecule has 1 aromatic heterocycles. The van der Waals surface area contributed by atoms with Crippen LogP contribution in [0.15, 0.2) is 41.6 Å². The molecule has 1 saturated heterocycles. The second kappa shape index (κ2) is 6.15. The molecule has 0 radical (unpaired) electrons. The zero-order valence-electron chi connectivity index (χ0n) is 12.8. The quantitative estimate of drug-likeness (QED) is 0.808. The number of aryl methyl sites for hydroxylation is 1. The lowest BCUT2D eigenvalue weighted by atomic mass is 9.89. The predicted octanol–water partition coefficient (Wildman–Crippen LogP) is 2.84. The number of halogens is 1. The third-order valence-electron chi connectivity index (χ3n) is 5.03. The first kappa shape index (κ1) is 14.4. The molecule has 1 aromatic rings. The van der Waals surface area contributed by atoms with Crippen LogP contribution in [0.5, 0.6) is 0 Å². The lowest BCUT2D eigenvalue weighted by Crippen LogP contribution is -2.46. The number of hydrogen-bond donors (Lipinski definition) is 1. The summed E-state index contributed by atoms with van der Waals surface area (Å²) in [5.41, 5.74) is 5.65. The lowest BCUT2D eigenvalue weighted by Gasteiger charge is -2.37. The molecule has 0 bridgehead atoms. The van der Waals surface area contributed by atoms with E-state index < -0.39 is 0 Å². The maximum Gasteiger partial charge on any atom is 0.0779 e. The number of nitrogens with one attached hydrogen (secondary N) is 1. The standard InChI is InChI=1S/C18H22ClN3/c19-15-5-6-16-14(12-15)4-3-13-2-1-7-21-17(13)18(16)22-10-8-20-9-11-22/h1-2,5-7,15,18,20H,3-4,8-12H2. The van der Waals surface area contributed by atoms with Crippen molar-refractivity contribution in [2.75, 3.05) is 26.2 Å². The van der Waals surface area contributed by atoms with Gasteiger partial charge in [0.25, 0.3) is 0 Å². The number of aromatic nitrogens is 1. The third kappa shape index (κ3) is 2.62. The van der Waals surface area contributed by atoms with Crippen molar-refractivity contribution in [2.24, 2.45) is 0 Å². The van der Waals surface area contributed by atoms with E-state index in [9.17, 15) is 0 Å². The summed E-state index contributed by atoms with van der Waals surface area (Å²) in [7, 11) is 0. The zero-order chi connectivity index (χ0) is 14.9. The molecule has 2 atom stereocenters. The van der Waals surface area contributed by atoms with E-state index in [1.807, 2.05) is 6.20 Å². The SMILES string of the molecule is ClC1C=CC2=C(CCc3cccnc3C2N2CCNCC2)C1. The van der Waals surface area contributed by atoms with Crippen LogP contribution in [0, 0.1) is 0 Å². The maximum absolute atomic E-state index is 6.37. The Morgan fingerprint density at radius 1 is 1.23 bits per heavy atom. The van der Waals surface area contributed by atoms with Crippen molar-refractivity contribution >= 4 is 11.6 Å². The van der Waals surface area contributed by atoms with Crippen LogP contribution < -0.4 is 5.32 Å². The highest BCUT2D eigenvalue weighted by Gasteiger charge is 2.32. The van der Waals surface area contributed by atoms with Gasteiger partial charge >= 0.3 is 0 Å². The van der Waals surface area contributed by atoms with Gasteiger partial charge in [-0.2, -0.15) is 0 Å². The summed E-state index contributed by atoms with van der Waals surface area (Å²) < 4.78 is 0. The number of fused-ring (bicyclic) bond motifs is 1. The molecule has 3 nitrogen and oxygen atoms in total. The summed E-state index contributed by atoms with van der Waals surface area (Å²) in [4.78, 5) is 7.37. The molecule has 0 aromatic carbocycles. The third-order valence-corrected chi connectivity index (χ3v) is 5.33. The van der Waals surface area contributed by atoms with Crippen LogP contribution in [-0.2, 0) is 6.42 Å². The lowest BCUT2D eigenvalue weighted by molar-refractivity contribution is 0.194. The Kier molecular flexibility index (Phi) is 4.03. The minimum atomic E-state index is 0.150. The van der Waals surface area contributed by atoms with Gasteiger partial charge < -0.3 is 5.32 Å². The molecule has 1 fully saturated rings. The highest BCUT2D eigenvalue weighted by atomic mass is 35.5. The summed E-state index contributed by atoms with van der Waals surface area (Å²) in [5, 5.41) is 3.60. The van der Waals surface area contributed by atoms with E-state index in [0.29, 0.717) is 6.04 Å². The molecule has 0 spiro atoms. The fourth-order valence-electron chi connectivity index (χ4n) is 3.93. The van der Waals surface area contributed by atoms with Gasteiger partial charge in [-0.15, -0.1) is 11.6 Å². The minimum Gasteiger partial charge on any atom is -0.314 e. The van der Waals surface area contributed by atoms with Crippen LogP contribution in [0.2, 0.25) is 0 Å². The van der Waals surface area contributed by atoms with Gasteiger partial charge in [0, 0.05) is 32.4 Å². The number of allylic oxidation sites excluding steroid dienone is 2. The van der Waals surface area contributed by atoms with Crippen LogP contribution in [-0.4, -0.2) is 41.4 Å². The molecule has 4 heteroatoms. The Hall–Kier alpha value is -1.16. The smallest absolute Gasteiger partial charge is 0.0779 e. The van der Waals surface area contributed by atoms with Crippen molar-refractivity contribution in [2.45, 2.75) is 30.7 Å². The van der Waals surface area contributed by atoms with Gasteiger partial charge in [0.1, 0.15) is 0 Å². The van der Waals surface area contributed by atoms with Crippen LogP contribution >= 0.6 is 11.6 Å². The maximum atomic E-state index is 6.37. The molecule has 2 aliphatic carbocycles. The van der Waals surface area contributed by atoms with Crippen molar-refractivity contribution in [1.29, 1.82) is 0 Å². The summed E-state index contributed by atoms with van der Waals surface area (Å²) in [5.74, 6) is 0. The van der Waals surface area contributed by atoms with Gasteiger partial charge in [0.05, 0.1) is 17.1 Å². The molecule has 3 aliphatic rings. The molecular weight excluding hydrogens is 294 g/mol. The summed E-state index contributed by atoms with van der Waals surface area (Å²) in [6.45, 7) is 4.28. The molecule has 1 aliphatic heterocycles. The Balaban J connectivity index is 1.79. The fraction of sp³-hybridized carbons (Fsp3) is 0.500. The number of piperazine rings is 1. The molecular formula is C18H22ClN3. The number of nitrogens with zero attached hydrogens (tertiary/aromatic N) is 2. The minimum absolute atomic E-state index is 0.150. The highest BCUT2D eigenvalue weighted by molar-refractivity contribution is 6.22. The second-order valence-electron chi connectivity index (χ2n) is 6.37. The van der Waals surface area contributed by atoms with E-state index in [1.165, 1.54) is 22.4 Å². The Morgan fingerprint density at radius 3 is 2.95 bits per heavy atom. The van der Waals surface area contributed by atoms with Crippen molar-refractivity contribution < 1.29 is 0 Å². The van der Waals surface area contributed by atoms with Gasteiger partial charge in [0.2, 0.25) is 0 Å². The normalized spacial score (nSPS) is 29.0. The van der Waals surface area contributed by atoms with Crippen molar-refractivity contribution in [3.8, 4) is 0 Å². The van der Waals surface area contributed by atoms with E-state index in [0.717, 1.165) is 45.4 Å². The average molecular weight is 316 g/mol. The van der Waals surface area contributed by atoms with Crippen LogP contribution in [0.1, 0.15) is 30.1 Å². The first-order valence-corrected chi connectivity index (χ1v) is 8.69. The molecule has 4 rings (SSSR count). The van der Waals surface area contributed by atoms with Crippen LogP contribution in [0.3, 0.4) is 0 Å². The van der Waals surface area contributed by atoms with E-state index in [2.05, 4.69) is 34.5 Å². The second-order valence-corrected chi connectivity index (χ2v) is 6.93. The highest BCUT2D eigenvalue weighted by Crippen LogP contribution is 2.40. The summed E-state index contributed by atoms with van der Waals surface area (Å²) in [6, 6.07) is 4.62. The van der Waals surface area contributed by atoms with Crippen molar-refractivity contribution in [1.82, 2.24) is 15.2 Å². The molecule has 2 unspecified atom stereocenters. The topological polar surface area (TPSA) is 28.2 Å². The Labute approximate surface area is 137 Å². The molecule has 0 saturated carbocycles. The number of rotatable bonds is 1. The van der Waals surface area contributed by atoms with Crippen LogP contribution in [0.4, 0.5) is 0 Å². The van der Waals surface area contributed by atoms with E-state index in [4.69, 9.17) is 16.6 Å². The van der Waals surface area contributed by atoms with E-state index in [1.54, 1.807) is 0 Å². The van der Waals surface area contributed by atoms with E-state index in [-0.39, 0.29) is 5.38 Å². The number of alkyl halides is 1. The number of pyridine rings is 1. The van der Waals surface area contributed by atoms with Crippen molar-refractivity contribution in [3.05, 3.63) is 52.9 Å². The predicted molar refractivity (Wildman–Crippen MR) is 90.2 cm³/mol. The Morgan fingerprint density at radius 2 is 2.09 bits per heavy atom. The fourth-order valence-corrected chi connectivity index (χ4v) is 4.19. The Bertz CT molecular complexity index is 617. The molecule has 116 valence electrons. The van der Waals surface area contributed by atoms with Gasteiger partial charge in [-0.25, -0.2) is 0 Å². The van der Waals surface area contributed by atoms with Gasteiger partial charge in [-0.1, -0.05) is 23.8 Å². The molecule has 2 heterocycles. The summed E-state index contributed by atoms with van der Waals surface area (Å²) >= 11 is 6.37. The first-order chi connectivity index (χ1) is 10.8. The monoisotopic (exact) mass is 315 g/mol. The van der Waals surface area contributed by atoms with Gasteiger partial charge in [-0.05, 0) is 36.5 Å². The zero-order valence-corrected chi connectivity index (χ0v) is 13.5. The van der Waals surface area contributed by atoms with Gasteiger partial charge in [0.15, 0.2) is 0 Å². The largest absolute Gasteiger partial charge is 0.314 e. The molecule has 1 N–H and O–H groups in total. The van der Waals surface area contributed by atoms with Crippen molar-refractivity contribution in [3.63, 3.8) is 0 Å². The van der Waals surface area contributed by atoms with E-state index >= 15 is 0 Å². The summed E-state index contributed by atoms with van der Waals surface area (Å²) in [6.07, 6.45) is 9.56. The van der Waals surface area contributed by atoms with Crippen LogP contribution in [0.25, 0.3) is 0 Å². The average Bonchev–Trinajstić information content (AvgIpc) is 2.72. The first-order valence-electron chi connectivity index (χ1n) is 8.25. The molecule has 22 heavy (non-hydrogen) atoms. The van der Waals surface area contributed by atoms with Gasteiger partial charge in [-0.3, -0.25) is 9.88 Å². The molecule has 0 amide bonds.